The van der Waals surface area contributed by atoms with Crippen LogP contribution >= 0.6 is 27.5 Å². The molecule has 1 fully saturated rings. The zero-order chi connectivity index (χ0) is 9.84. The van der Waals surface area contributed by atoms with Crippen LogP contribution in [-0.2, 0) is 0 Å². The second-order valence-electron chi connectivity index (χ2n) is 3.97. The average molecular weight is 267 g/mol. The summed E-state index contributed by atoms with van der Waals surface area (Å²) in [6.07, 6.45) is 1.28. The van der Waals surface area contributed by atoms with E-state index in [1.54, 1.807) is 5.54 Å². The van der Waals surface area contributed by atoms with Gasteiger partial charge in [-0.25, -0.2) is 0 Å². The summed E-state index contributed by atoms with van der Waals surface area (Å²) in [6, 6.07) is 0. The minimum atomic E-state index is 0.643. The second-order valence-corrected chi connectivity index (χ2v) is 5.37. The van der Waals surface area contributed by atoms with E-state index >= 15 is 0 Å². The van der Waals surface area contributed by atoms with Crippen LogP contribution in [0.3, 0.4) is 0 Å². The first-order chi connectivity index (χ1) is 6.13. The molecule has 2 atom stereocenters. The van der Waals surface area contributed by atoms with Crippen molar-refractivity contribution in [2.24, 2.45) is 5.92 Å². The zero-order valence-corrected chi connectivity index (χ0v) is 10.6. The highest BCUT2D eigenvalue weighted by Crippen LogP contribution is 2.23. The Hall–Kier alpha value is 0.470. The maximum atomic E-state index is 5.64. The summed E-state index contributed by atoms with van der Waals surface area (Å²) in [6.45, 7) is 7.74. The highest BCUT2D eigenvalue weighted by molar-refractivity contribution is 9.09. The summed E-state index contributed by atoms with van der Waals surface area (Å²) in [5.41, 5.74) is 2.93. The van der Waals surface area contributed by atoms with Crippen LogP contribution in [0.25, 0.3) is 0 Å². The Morgan fingerprint density at radius 1 is 1.69 bits per heavy atom. The van der Waals surface area contributed by atoms with Crippen molar-refractivity contribution in [2.45, 2.75) is 25.1 Å². The molecule has 76 valence electrons. The lowest BCUT2D eigenvalue weighted by atomic mass is 9.99. The summed E-state index contributed by atoms with van der Waals surface area (Å²) in [4.78, 5) is 3.09. The molecule has 0 spiro atoms. The molecule has 0 aromatic rings. The SMILES string of the molecule is CC(=CCl)CN1CCC(C)C(Br)C1. The summed E-state index contributed by atoms with van der Waals surface area (Å²) in [7, 11) is 0. The van der Waals surface area contributed by atoms with E-state index in [1.807, 2.05) is 0 Å². The normalized spacial score (nSPS) is 32.2. The largest absolute Gasteiger partial charge is 0.298 e. The van der Waals surface area contributed by atoms with Gasteiger partial charge in [0.2, 0.25) is 0 Å². The van der Waals surface area contributed by atoms with E-state index in [2.05, 4.69) is 34.7 Å². The van der Waals surface area contributed by atoms with Gasteiger partial charge in [-0.3, -0.25) is 4.90 Å². The Labute approximate surface area is 94.3 Å². The summed E-state index contributed by atoms with van der Waals surface area (Å²) >= 11 is 9.35. The molecule has 2 unspecified atom stereocenters. The molecule has 1 heterocycles. The molecule has 1 aliphatic heterocycles. The highest BCUT2D eigenvalue weighted by atomic mass is 79.9. The van der Waals surface area contributed by atoms with Crippen LogP contribution in [0.1, 0.15) is 20.3 Å². The third kappa shape index (κ3) is 3.61. The van der Waals surface area contributed by atoms with Crippen molar-refractivity contribution >= 4 is 27.5 Å². The van der Waals surface area contributed by atoms with Crippen LogP contribution in [0.2, 0.25) is 0 Å². The van der Waals surface area contributed by atoms with E-state index in [9.17, 15) is 0 Å². The van der Waals surface area contributed by atoms with Gasteiger partial charge in [-0.1, -0.05) is 34.5 Å². The van der Waals surface area contributed by atoms with Gasteiger partial charge in [-0.2, -0.15) is 0 Å². The predicted octanol–water partition coefficient (Wildman–Crippen LogP) is 3.23. The van der Waals surface area contributed by atoms with Gasteiger partial charge in [0.05, 0.1) is 0 Å². The first-order valence-corrected chi connectivity index (χ1v) is 6.11. The molecule has 1 nitrogen and oxygen atoms in total. The number of rotatable bonds is 2. The standard InChI is InChI=1S/C10H17BrClN/c1-8(5-12)6-13-4-3-9(2)10(11)7-13/h5,9-10H,3-4,6-7H2,1-2H3. The first kappa shape index (κ1) is 11.5. The summed E-state index contributed by atoms with van der Waals surface area (Å²) in [5.74, 6) is 0.802. The van der Waals surface area contributed by atoms with Gasteiger partial charge in [0.1, 0.15) is 0 Å². The quantitative estimate of drug-likeness (QED) is 0.694. The molecule has 1 rings (SSSR count). The van der Waals surface area contributed by atoms with Crippen molar-refractivity contribution in [1.29, 1.82) is 0 Å². The number of halogens is 2. The summed E-state index contributed by atoms with van der Waals surface area (Å²) in [5, 5.41) is 0. The minimum absolute atomic E-state index is 0.643. The van der Waals surface area contributed by atoms with Crippen LogP contribution in [-0.4, -0.2) is 29.4 Å². The molecule has 0 N–H and O–H groups in total. The molecule has 0 radical (unpaired) electrons. The molecule has 0 saturated carbocycles. The summed E-state index contributed by atoms with van der Waals surface area (Å²) < 4.78 is 0. The van der Waals surface area contributed by atoms with Crippen LogP contribution in [0.4, 0.5) is 0 Å². The Bertz CT molecular complexity index is 193. The van der Waals surface area contributed by atoms with Crippen LogP contribution in [0.5, 0.6) is 0 Å². The van der Waals surface area contributed by atoms with Crippen molar-refractivity contribution < 1.29 is 0 Å². The van der Waals surface area contributed by atoms with Gasteiger partial charge in [-0.15, -0.1) is 0 Å². The van der Waals surface area contributed by atoms with E-state index < -0.39 is 0 Å². The van der Waals surface area contributed by atoms with Crippen molar-refractivity contribution in [3.63, 3.8) is 0 Å². The number of piperidine rings is 1. The van der Waals surface area contributed by atoms with Crippen molar-refractivity contribution in [2.75, 3.05) is 19.6 Å². The number of alkyl halides is 1. The lowest BCUT2D eigenvalue weighted by Crippen LogP contribution is -2.40. The maximum Gasteiger partial charge on any atom is 0.0299 e. The molecule has 13 heavy (non-hydrogen) atoms. The third-order valence-corrected chi connectivity index (χ3v) is 4.17. The van der Waals surface area contributed by atoms with Gasteiger partial charge in [0.25, 0.3) is 0 Å². The minimum Gasteiger partial charge on any atom is -0.298 e. The van der Waals surface area contributed by atoms with Gasteiger partial charge in [-0.05, 0) is 31.4 Å². The molecule has 0 aromatic heterocycles. The molecule has 0 amide bonds. The van der Waals surface area contributed by atoms with Crippen LogP contribution in [0, 0.1) is 5.92 Å². The molecule has 0 bridgehead atoms. The van der Waals surface area contributed by atoms with E-state index in [-0.39, 0.29) is 0 Å². The van der Waals surface area contributed by atoms with Gasteiger partial charge in [0, 0.05) is 23.5 Å². The molecule has 1 aliphatic rings. The Morgan fingerprint density at radius 2 is 2.38 bits per heavy atom. The molecule has 0 aromatic carbocycles. The monoisotopic (exact) mass is 265 g/mol. The number of nitrogens with zero attached hydrogens (tertiary/aromatic N) is 1. The van der Waals surface area contributed by atoms with Gasteiger partial charge < -0.3 is 0 Å². The zero-order valence-electron chi connectivity index (χ0n) is 8.26. The average Bonchev–Trinajstić information content (AvgIpc) is 2.11. The van der Waals surface area contributed by atoms with E-state index in [0.717, 1.165) is 19.0 Å². The van der Waals surface area contributed by atoms with Gasteiger partial charge >= 0.3 is 0 Å². The van der Waals surface area contributed by atoms with Gasteiger partial charge in [0.15, 0.2) is 0 Å². The Morgan fingerprint density at radius 3 is 2.92 bits per heavy atom. The fourth-order valence-electron chi connectivity index (χ4n) is 1.62. The predicted molar refractivity (Wildman–Crippen MR) is 62.5 cm³/mol. The number of hydrogen-bond acceptors (Lipinski definition) is 1. The molecule has 0 aliphatic carbocycles. The first-order valence-electron chi connectivity index (χ1n) is 4.75. The second kappa shape index (κ2) is 5.38. The Balaban J connectivity index is 2.37. The van der Waals surface area contributed by atoms with Crippen LogP contribution in [0.15, 0.2) is 11.1 Å². The maximum absolute atomic E-state index is 5.64. The number of hydrogen-bond donors (Lipinski definition) is 0. The van der Waals surface area contributed by atoms with E-state index in [4.69, 9.17) is 11.6 Å². The smallest absolute Gasteiger partial charge is 0.0299 e. The topological polar surface area (TPSA) is 3.24 Å². The van der Waals surface area contributed by atoms with Crippen LogP contribution < -0.4 is 0 Å². The fraction of sp³-hybridized carbons (Fsp3) is 0.800. The third-order valence-electron chi connectivity index (χ3n) is 2.61. The Kier molecular flexibility index (Phi) is 4.77. The number of likely N-dealkylation sites (tertiary alicyclic amines) is 1. The fourth-order valence-corrected chi connectivity index (χ4v) is 2.36. The lowest BCUT2D eigenvalue weighted by Gasteiger charge is -2.34. The van der Waals surface area contributed by atoms with Crippen molar-refractivity contribution in [3.05, 3.63) is 11.1 Å². The molecular weight excluding hydrogens is 249 g/mol. The highest BCUT2D eigenvalue weighted by Gasteiger charge is 2.23. The van der Waals surface area contributed by atoms with Crippen molar-refractivity contribution in [3.8, 4) is 0 Å². The molecule has 3 heteroatoms. The van der Waals surface area contributed by atoms with E-state index in [0.29, 0.717) is 4.83 Å². The van der Waals surface area contributed by atoms with Crippen molar-refractivity contribution in [1.82, 2.24) is 4.90 Å². The molecular formula is C10H17BrClN. The van der Waals surface area contributed by atoms with E-state index in [1.165, 1.54) is 18.5 Å². The lowest BCUT2D eigenvalue weighted by molar-refractivity contribution is 0.216. The molecule has 1 saturated heterocycles.